The van der Waals surface area contributed by atoms with E-state index < -0.39 is 5.60 Å². The highest BCUT2D eigenvalue weighted by Gasteiger charge is 2.35. The van der Waals surface area contributed by atoms with Crippen LogP contribution in [0.4, 0.5) is 0 Å². The molecule has 1 aromatic heterocycles. The third-order valence-corrected chi connectivity index (χ3v) is 5.31. The van der Waals surface area contributed by atoms with Crippen LogP contribution in [0.3, 0.4) is 0 Å². The van der Waals surface area contributed by atoms with Crippen molar-refractivity contribution in [1.29, 1.82) is 0 Å². The molecule has 5 nitrogen and oxygen atoms in total. The molecular formula is C19H22N2O3S. The quantitative estimate of drug-likeness (QED) is 0.804. The molecule has 1 aromatic carbocycles. The first-order valence-corrected chi connectivity index (χ1v) is 9.47. The number of hydrogen-bond acceptors (Lipinski definition) is 5. The van der Waals surface area contributed by atoms with Crippen LogP contribution in [-0.2, 0) is 12.0 Å². The Balaban J connectivity index is 1.78. The van der Waals surface area contributed by atoms with Crippen molar-refractivity contribution in [2.45, 2.75) is 29.9 Å². The van der Waals surface area contributed by atoms with Crippen LogP contribution in [0.1, 0.15) is 34.3 Å². The first-order chi connectivity index (χ1) is 12.1. The largest absolute Gasteiger partial charge is 0.497 e. The smallest absolute Gasteiger partial charge is 0.254 e. The fraction of sp³-hybridized carbons (Fsp3) is 0.368. The number of nitrogens with zero attached hydrogens (tertiary/aromatic N) is 1. The summed E-state index contributed by atoms with van der Waals surface area (Å²) in [6, 6.07) is 9.21. The first-order valence-electron chi connectivity index (χ1n) is 8.24. The minimum Gasteiger partial charge on any atom is -0.497 e. The maximum atomic E-state index is 12.5. The van der Waals surface area contributed by atoms with Gasteiger partial charge < -0.3 is 15.2 Å². The van der Waals surface area contributed by atoms with Crippen LogP contribution in [-0.4, -0.2) is 35.9 Å². The zero-order chi connectivity index (χ0) is 17.9. The van der Waals surface area contributed by atoms with Crippen LogP contribution in [0.25, 0.3) is 0 Å². The van der Waals surface area contributed by atoms with Crippen molar-refractivity contribution in [3.05, 3.63) is 53.2 Å². The van der Waals surface area contributed by atoms with Crippen LogP contribution >= 0.6 is 11.8 Å². The van der Waals surface area contributed by atoms with Gasteiger partial charge in [0.2, 0.25) is 0 Å². The molecule has 1 aliphatic carbocycles. The number of ether oxygens (including phenoxy) is 1. The van der Waals surface area contributed by atoms with Crippen molar-refractivity contribution in [1.82, 2.24) is 10.3 Å². The highest BCUT2D eigenvalue weighted by atomic mass is 32.2. The number of benzene rings is 1. The highest BCUT2D eigenvalue weighted by molar-refractivity contribution is 7.98. The van der Waals surface area contributed by atoms with Crippen LogP contribution in [0.2, 0.25) is 0 Å². The van der Waals surface area contributed by atoms with Crippen molar-refractivity contribution in [3.63, 3.8) is 0 Å². The molecule has 0 saturated heterocycles. The van der Waals surface area contributed by atoms with Gasteiger partial charge in [-0.1, -0.05) is 6.07 Å². The predicted molar refractivity (Wildman–Crippen MR) is 98.2 cm³/mol. The van der Waals surface area contributed by atoms with Crippen molar-refractivity contribution in [2.75, 3.05) is 19.9 Å². The van der Waals surface area contributed by atoms with E-state index in [0.717, 1.165) is 29.7 Å². The van der Waals surface area contributed by atoms with Crippen molar-refractivity contribution in [3.8, 4) is 5.75 Å². The molecule has 1 amide bonds. The number of hydrogen-bond donors (Lipinski definition) is 2. The molecule has 1 atom stereocenters. The van der Waals surface area contributed by atoms with E-state index in [9.17, 15) is 9.90 Å². The number of thioether (sulfide) groups is 1. The van der Waals surface area contributed by atoms with Crippen LogP contribution in [0.5, 0.6) is 5.75 Å². The molecule has 0 saturated carbocycles. The Bertz CT molecular complexity index is 781. The minimum absolute atomic E-state index is 0.174. The summed E-state index contributed by atoms with van der Waals surface area (Å²) in [6.07, 6.45) is 5.95. The lowest BCUT2D eigenvalue weighted by Crippen LogP contribution is -2.43. The lowest BCUT2D eigenvalue weighted by Gasteiger charge is -2.35. The van der Waals surface area contributed by atoms with Gasteiger partial charge in [0.25, 0.3) is 5.91 Å². The molecular weight excluding hydrogens is 336 g/mol. The Hall–Kier alpha value is -2.05. The Kier molecular flexibility index (Phi) is 5.30. The molecule has 1 unspecified atom stereocenters. The van der Waals surface area contributed by atoms with E-state index in [0.29, 0.717) is 17.0 Å². The number of fused-ring (bicyclic) bond motifs is 1. The lowest BCUT2D eigenvalue weighted by atomic mass is 9.79. The molecule has 1 heterocycles. The van der Waals surface area contributed by atoms with Gasteiger partial charge in [-0.25, -0.2) is 4.98 Å². The van der Waals surface area contributed by atoms with Gasteiger partial charge in [0.1, 0.15) is 16.4 Å². The SMILES string of the molecule is COc1ccc2c(c1)CCCC2(O)CNC(=O)c1cccnc1SC. The Morgan fingerprint density at radius 3 is 3.04 bits per heavy atom. The Morgan fingerprint density at radius 2 is 2.28 bits per heavy atom. The van der Waals surface area contributed by atoms with E-state index in [4.69, 9.17) is 4.74 Å². The number of carbonyl (C=O) groups is 1. The van der Waals surface area contributed by atoms with Crippen LogP contribution in [0.15, 0.2) is 41.6 Å². The number of aryl methyl sites for hydroxylation is 1. The molecule has 2 N–H and O–H groups in total. The third-order valence-electron chi connectivity index (χ3n) is 4.60. The summed E-state index contributed by atoms with van der Waals surface area (Å²) in [7, 11) is 1.63. The molecule has 25 heavy (non-hydrogen) atoms. The third kappa shape index (κ3) is 3.65. The van der Waals surface area contributed by atoms with E-state index in [1.165, 1.54) is 11.8 Å². The molecule has 0 radical (unpaired) electrons. The summed E-state index contributed by atoms with van der Waals surface area (Å²) >= 11 is 1.43. The number of carbonyl (C=O) groups excluding carboxylic acids is 1. The van der Waals surface area contributed by atoms with Crippen LogP contribution < -0.4 is 10.1 Å². The summed E-state index contributed by atoms with van der Waals surface area (Å²) in [5.41, 5.74) is 1.42. The van der Waals surface area contributed by atoms with Crippen LogP contribution in [0, 0.1) is 0 Å². The first kappa shape index (κ1) is 17.8. The normalized spacial score (nSPS) is 19.2. The number of aromatic nitrogens is 1. The summed E-state index contributed by atoms with van der Waals surface area (Å²) < 4.78 is 5.27. The average Bonchev–Trinajstić information content (AvgIpc) is 2.66. The van der Waals surface area contributed by atoms with Crippen molar-refractivity contribution >= 4 is 17.7 Å². The number of amides is 1. The van der Waals surface area contributed by atoms with Gasteiger partial charge in [-0.3, -0.25) is 4.79 Å². The second-order valence-corrected chi connectivity index (χ2v) is 6.95. The second kappa shape index (κ2) is 7.45. The van der Waals surface area contributed by atoms with E-state index in [1.807, 2.05) is 24.5 Å². The minimum atomic E-state index is -1.06. The fourth-order valence-electron chi connectivity index (χ4n) is 3.30. The van der Waals surface area contributed by atoms with Gasteiger partial charge in [0.15, 0.2) is 0 Å². The summed E-state index contributed by atoms with van der Waals surface area (Å²) in [4.78, 5) is 16.7. The van der Waals surface area contributed by atoms with Crippen molar-refractivity contribution < 1.29 is 14.6 Å². The number of nitrogens with one attached hydrogen (secondary N) is 1. The highest BCUT2D eigenvalue weighted by Crippen LogP contribution is 2.36. The van der Waals surface area contributed by atoms with E-state index in [-0.39, 0.29) is 12.5 Å². The molecule has 3 rings (SSSR count). The number of rotatable bonds is 5. The Labute approximate surface area is 151 Å². The molecule has 0 fully saturated rings. The van der Waals surface area contributed by atoms with Gasteiger partial charge >= 0.3 is 0 Å². The maximum absolute atomic E-state index is 12.5. The number of methoxy groups -OCH3 is 1. The van der Waals surface area contributed by atoms with Gasteiger partial charge in [0.05, 0.1) is 19.2 Å². The van der Waals surface area contributed by atoms with Gasteiger partial charge in [-0.2, -0.15) is 0 Å². The predicted octanol–water partition coefficient (Wildman–Crippen LogP) is 2.77. The van der Waals surface area contributed by atoms with Gasteiger partial charge in [-0.05, 0) is 60.9 Å². The number of aliphatic hydroxyl groups is 1. The van der Waals surface area contributed by atoms with E-state index in [1.54, 1.807) is 25.4 Å². The molecule has 2 aromatic rings. The molecule has 132 valence electrons. The Morgan fingerprint density at radius 1 is 1.44 bits per heavy atom. The molecule has 0 spiro atoms. The topological polar surface area (TPSA) is 71.5 Å². The number of pyridine rings is 1. The zero-order valence-corrected chi connectivity index (χ0v) is 15.2. The zero-order valence-electron chi connectivity index (χ0n) is 14.4. The monoisotopic (exact) mass is 358 g/mol. The average molecular weight is 358 g/mol. The van der Waals surface area contributed by atoms with Gasteiger partial charge in [0, 0.05) is 6.20 Å². The second-order valence-electron chi connectivity index (χ2n) is 6.15. The molecule has 0 bridgehead atoms. The maximum Gasteiger partial charge on any atom is 0.254 e. The fourth-order valence-corrected chi connectivity index (χ4v) is 3.84. The molecule has 1 aliphatic rings. The van der Waals surface area contributed by atoms with Crippen molar-refractivity contribution in [2.24, 2.45) is 0 Å². The molecule has 0 aliphatic heterocycles. The lowest BCUT2D eigenvalue weighted by molar-refractivity contribution is 0.0188. The van der Waals surface area contributed by atoms with E-state index >= 15 is 0 Å². The summed E-state index contributed by atoms with van der Waals surface area (Å²) in [6.45, 7) is 0.174. The standard InChI is InChI=1S/C19H22N2O3S/c1-24-14-7-8-16-13(11-14)5-3-9-19(16,23)12-21-17(22)15-6-4-10-20-18(15)25-2/h4,6-8,10-11,23H,3,5,9,12H2,1-2H3,(H,21,22). The van der Waals surface area contributed by atoms with E-state index in [2.05, 4.69) is 10.3 Å². The van der Waals surface area contributed by atoms with Gasteiger partial charge in [-0.15, -0.1) is 11.8 Å². The summed E-state index contributed by atoms with van der Waals surface area (Å²) in [5, 5.41) is 14.7. The summed E-state index contributed by atoms with van der Waals surface area (Å²) in [5.74, 6) is 0.568. The molecule has 6 heteroatoms.